The van der Waals surface area contributed by atoms with Gasteiger partial charge in [-0.05, 0) is 42.2 Å². The van der Waals surface area contributed by atoms with E-state index in [2.05, 4.69) is 10.2 Å². The Hall–Kier alpha value is -3.73. The van der Waals surface area contributed by atoms with Crippen LogP contribution in [0.15, 0.2) is 91.0 Å². The number of aryl methyl sites for hydroxylation is 1. The summed E-state index contributed by atoms with van der Waals surface area (Å²) in [6, 6.07) is 28.1. The van der Waals surface area contributed by atoms with Crippen molar-refractivity contribution >= 4 is 5.91 Å². The molecule has 4 nitrogen and oxygen atoms in total. The molecule has 162 valence electrons. The number of nitrogens with zero attached hydrogens (tertiary/aromatic N) is 2. The van der Waals surface area contributed by atoms with Gasteiger partial charge in [0.1, 0.15) is 5.82 Å². The number of carbonyl (C=O) groups is 1. The Kier molecular flexibility index (Phi) is 6.75. The smallest absolute Gasteiger partial charge is 0.234 e. The van der Waals surface area contributed by atoms with Gasteiger partial charge in [-0.15, -0.1) is 0 Å². The number of H-pyrrole nitrogens is 1. The summed E-state index contributed by atoms with van der Waals surface area (Å²) in [4.78, 5) is 15.2. The Bertz CT molecular complexity index is 1120. The second-order valence-corrected chi connectivity index (χ2v) is 7.91. The van der Waals surface area contributed by atoms with E-state index in [1.807, 2.05) is 79.8 Å². The van der Waals surface area contributed by atoms with E-state index in [-0.39, 0.29) is 17.6 Å². The average molecular weight is 428 g/mol. The molecule has 1 amide bonds. The molecule has 0 aliphatic heterocycles. The van der Waals surface area contributed by atoms with Crippen molar-refractivity contribution in [1.29, 1.82) is 0 Å². The summed E-state index contributed by atoms with van der Waals surface area (Å²) in [5, 5.41) is 7.32. The predicted octanol–water partition coefficient (Wildman–Crippen LogP) is 5.44. The fourth-order valence-corrected chi connectivity index (χ4v) is 3.89. The first-order valence-corrected chi connectivity index (χ1v) is 10.8. The Balaban J connectivity index is 1.40. The normalized spacial score (nSPS) is 11.0. The fourth-order valence-electron chi connectivity index (χ4n) is 3.89. The van der Waals surface area contributed by atoms with Crippen LogP contribution in [0.4, 0.5) is 4.39 Å². The molecule has 0 unspecified atom stereocenters. The highest BCUT2D eigenvalue weighted by molar-refractivity contribution is 5.87. The molecule has 0 spiro atoms. The van der Waals surface area contributed by atoms with E-state index in [0.717, 1.165) is 40.9 Å². The molecule has 3 aromatic carbocycles. The van der Waals surface area contributed by atoms with Crippen LogP contribution >= 0.6 is 0 Å². The van der Waals surface area contributed by atoms with E-state index in [1.165, 1.54) is 12.1 Å². The van der Waals surface area contributed by atoms with Crippen LogP contribution in [0.1, 0.15) is 29.2 Å². The first-order valence-electron chi connectivity index (χ1n) is 10.8. The van der Waals surface area contributed by atoms with Gasteiger partial charge in [0.25, 0.3) is 0 Å². The molecule has 32 heavy (non-hydrogen) atoms. The molecule has 4 rings (SSSR count). The van der Waals surface area contributed by atoms with Gasteiger partial charge < -0.3 is 4.90 Å². The average Bonchev–Trinajstić information content (AvgIpc) is 3.29. The van der Waals surface area contributed by atoms with Crippen molar-refractivity contribution in [3.05, 3.63) is 114 Å². The quantitative estimate of drug-likeness (QED) is 0.407. The van der Waals surface area contributed by atoms with Gasteiger partial charge in [-0.1, -0.05) is 72.8 Å². The second-order valence-electron chi connectivity index (χ2n) is 7.91. The van der Waals surface area contributed by atoms with Crippen LogP contribution < -0.4 is 0 Å². The minimum Gasteiger partial charge on any atom is -0.345 e. The lowest BCUT2D eigenvalue weighted by atomic mass is 9.90. The molecule has 0 aliphatic rings. The van der Waals surface area contributed by atoms with Crippen LogP contribution in [-0.4, -0.2) is 34.6 Å². The first-order chi connectivity index (χ1) is 15.6. The maximum atomic E-state index is 13.5. The molecule has 0 radical (unpaired) electrons. The van der Waals surface area contributed by atoms with E-state index in [4.69, 9.17) is 0 Å². The summed E-state index contributed by atoms with van der Waals surface area (Å²) < 4.78 is 13.5. The van der Waals surface area contributed by atoms with Crippen LogP contribution in [-0.2, 0) is 11.2 Å². The van der Waals surface area contributed by atoms with Gasteiger partial charge in [0.15, 0.2) is 0 Å². The van der Waals surface area contributed by atoms with Gasteiger partial charge in [-0.3, -0.25) is 9.89 Å². The SMILES string of the molecule is CN(CCCc1cc(-c2cccc(F)c2)n[nH]1)C(=O)C(c1ccccc1)c1ccccc1. The van der Waals surface area contributed by atoms with Gasteiger partial charge in [-0.2, -0.15) is 5.10 Å². The van der Waals surface area contributed by atoms with Crippen molar-refractivity contribution in [3.63, 3.8) is 0 Å². The van der Waals surface area contributed by atoms with Crippen molar-refractivity contribution in [1.82, 2.24) is 15.1 Å². The molecule has 1 N–H and O–H groups in total. The number of aromatic nitrogens is 2. The van der Waals surface area contributed by atoms with E-state index < -0.39 is 0 Å². The lowest BCUT2D eigenvalue weighted by molar-refractivity contribution is -0.130. The minimum absolute atomic E-state index is 0.0764. The summed E-state index contributed by atoms with van der Waals surface area (Å²) >= 11 is 0. The third-order valence-corrected chi connectivity index (χ3v) is 5.58. The number of amides is 1. The van der Waals surface area contributed by atoms with Gasteiger partial charge in [0, 0.05) is 24.8 Å². The lowest BCUT2D eigenvalue weighted by Gasteiger charge is -2.24. The molecule has 0 aliphatic carbocycles. The van der Waals surface area contributed by atoms with E-state index in [0.29, 0.717) is 6.54 Å². The summed E-state index contributed by atoms with van der Waals surface area (Å²) in [5.41, 5.74) is 4.41. The highest BCUT2D eigenvalue weighted by atomic mass is 19.1. The standard InChI is InChI=1S/C27H26FN3O/c1-31(17-9-16-24-19-25(30-29-24)22-14-8-15-23(28)18-22)27(32)26(20-10-4-2-5-11-20)21-12-6-3-7-13-21/h2-8,10-15,18-19,26H,9,16-17H2,1H3,(H,29,30). The summed E-state index contributed by atoms with van der Waals surface area (Å²) in [5.74, 6) is -0.528. The van der Waals surface area contributed by atoms with E-state index in [9.17, 15) is 9.18 Å². The molecular weight excluding hydrogens is 401 g/mol. The van der Waals surface area contributed by atoms with Crippen molar-refractivity contribution in [2.45, 2.75) is 18.8 Å². The highest BCUT2D eigenvalue weighted by Crippen LogP contribution is 2.26. The fraction of sp³-hybridized carbons (Fsp3) is 0.185. The number of nitrogens with one attached hydrogen (secondary N) is 1. The van der Waals surface area contributed by atoms with Crippen LogP contribution in [0.2, 0.25) is 0 Å². The number of hydrogen-bond acceptors (Lipinski definition) is 2. The number of carbonyl (C=O) groups excluding carboxylic acids is 1. The zero-order valence-corrected chi connectivity index (χ0v) is 18.0. The summed E-state index contributed by atoms with van der Waals surface area (Å²) in [6.07, 6.45) is 1.55. The highest BCUT2D eigenvalue weighted by Gasteiger charge is 2.25. The van der Waals surface area contributed by atoms with Gasteiger partial charge in [0.2, 0.25) is 5.91 Å². The third-order valence-electron chi connectivity index (χ3n) is 5.58. The van der Waals surface area contributed by atoms with Crippen LogP contribution in [0.3, 0.4) is 0 Å². The molecule has 1 aromatic heterocycles. The second kappa shape index (κ2) is 10.1. The first kappa shape index (κ1) is 21.5. The topological polar surface area (TPSA) is 49.0 Å². The third kappa shape index (κ3) is 5.11. The zero-order chi connectivity index (χ0) is 22.3. The molecule has 5 heteroatoms. The molecule has 0 saturated heterocycles. The van der Waals surface area contributed by atoms with Crippen molar-refractivity contribution in [2.75, 3.05) is 13.6 Å². The van der Waals surface area contributed by atoms with Crippen LogP contribution in [0.25, 0.3) is 11.3 Å². The Morgan fingerprint density at radius 2 is 1.59 bits per heavy atom. The molecule has 1 heterocycles. The number of likely N-dealkylation sites (N-methyl/N-ethyl adjacent to an activating group) is 1. The van der Waals surface area contributed by atoms with Crippen molar-refractivity contribution < 1.29 is 9.18 Å². The van der Waals surface area contributed by atoms with Gasteiger partial charge >= 0.3 is 0 Å². The van der Waals surface area contributed by atoms with Gasteiger partial charge in [0.05, 0.1) is 11.6 Å². The molecular formula is C27H26FN3O. The number of halogens is 1. The van der Waals surface area contributed by atoms with Crippen LogP contribution in [0.5, 0.6) is 0 Å². The summed E-state index contributed by atoms with van der Waals surface area (Å²) in [6.45, 7) is 0.628. The maximum Gasteiger partial charge on any atom is 0.234 e. The molecule has 0 saturated carbocycles. The molecule has 0 fully saturated rings. The summed E-state index contributed by atoms with van der Waals surface area (Å²) in [7, 11) is 1.85. The Morgan fingerprint density at radius 1 is 0.938 bits per heavy atom. The Morgan fingerprint density at radius 3 is 2.22 bits per heavy atom. The van der Waals surface area contributed by atoms with Crippen molar-refractivity contribution in [2.24, 2.45) is 0 Å². The molecule has 0 bridgehead atoms. The van der Waals surface area contributed by atoms with Crippen LogP contribution in [0, 0.1) is 5.82 Å². The number of benzene rings is 3. The van der Waals surface area contributed by atoms with E-state index in [1.54, 1.807) is 11.0 Å². The van der Waals surface area contributed by atoms with Crippen molar-refractivity contribution in [3.8, 4) is 11.3 Å². The number of aromatic amines is 1. The van der Waals surface area contributed by atoms with Gasteiger partial charge in [-0.25, -0.2) is 4.39 Å². The Labute approximate surface area is 187 Å². The molecule has 0 atom stereocenters. The monoisotopic (exact) mass is 427 g/mol. The van der Waals surface area contributed by atoms with E-state index >= 15 is 0 Å². The number of rotatable bonds is 8. The zero-order valence-electron chi connectivity index (χ0n) is 18.0. The largest absolute Gasteiger partial charge is 0.345 e. The minimum atomic E-state index is -0.325. The predicted molar refractivity (Wildman–Crippen MR) is 125 cm³/mol. The maximum absolute atomic E-state index is 13.5. The molecule has 4 aromatic rings. The lowest BCUT2D eigenvalue weighted by Crippen LogP contribution is -2.33. The number of hydrogen-bond donors (Lipinski definition) is 1.